The first-order chi connectivity index (χ1) is 10.8. The normalized spacial score (nSPS) is 17.0. The Kier molecular flexibility index (Phi) is 4.63. The van der Waals surface area contributed by atoms with Gasteiger partial charge in [0.05, 0.1) is 24.3 Å². The number of carbonyl (C=O) groups is 4. The van der Waals surface area contributed by atoms with E-state index in [-0.39, 0.29) is 36.0 Å². The summed E-state index contributed by atoms with van der Waals surface area (Å²) in [6.45, 7) is 1.37. The molecule has 1 aliphatic rings. The second-order valence-electron chi connectivity index (χ2n) is 5.15. The first kappa shape index (κ1) is 16.5. The molecule has 23 heavy (non-hydrogen) atoms. The maximum atomic E-state index is 12.1. The van der Waals surface area contributed by atoms with Crippen LogP contribution in [0.5, 0.6) is 0 Å². The Hall–Kier alpha value is -2.90. The average Bonchev–Trinajstić information content (AvgIpc) is 2.87. The number of amides is 2. The summed E-state index contributed by atoms with van der Waals surface area (Å²) < 4.78 is 4.63. The van der Waals surface area contributed by atoms with Crippen LogP contribution in [0.4, 0.5) is 11.4 Å². The predicted molar refractivity (Wildman–Crippen MR) is 80.2 cm³/mol. The summed E-state index contributed by atoms with van der Waals surface area (Å²) in [7, 11) is 1.24. The van der Waals surface area contributed by atoms with E-state index in [2.05, 4.69) is 10.1 Å². The third kappa shape index (κ3) is 3.47. The molecule has 8 heteroatoms. The van der Waals surface area contributed by atoms with E-state index in [9.17, 15) is 24.3 Å². The molecule has 8 nitrogen and oxygen atoms in total. The molecule has 1 heterocycles. The monoisotopic (exact) mass is 320 g/mol. The summed E-state index contributed by atoms with van der Waals surface area (Å²) in [5.74, 6) is -3.05. The number of hydrogen-bond acceptors (Lipinski definition) is 5. The number of nitrogens with one attached hydrogen (secondary N) is 1. The molecule has 1 aromatic carbocycles. The molecule has 0 spiro atoms. The second kappa shape index (κ2) is 6.47. The number of carboxylic acids is 1. The molecule has 1 aliphatic heterocycles. The minimum atomic E-state index is -1.23. The van der Waals surface area contributed by atoms with Gasteiger partial charge in [0.15, 0.2) is 0 Å². The molecule has 0 aliphatic carbocycles. The summed E-state index contributed by atoms with van der Waals surface area (Å²) in [6, 6.07) is 4.21. The molecule has 122 valence electrons. The van der Waals surface area contributed by atoms with Crippen LogP contribution in [0, 0.1) is 5.92 Å². The molecule has 0 bridgehead atoms. The summed E-state index contributed by atoms with van der Waals surface area (Å²) in [6.07, 6.45) is -0.0286. The van der Waals surface area contributed by atoms with E-state index < -0.39 is 17.9 Å². The first-order valence-electron chi connectivity index (χ1n) is 6.86. The molecule has 0 saturated carbocycles. The van der Waals surface area contributed by atoms with Gasteiger partial charge in [-0.25, -0.2) is 4.79 Å². The van der Waals surface area contributed by atoms with Gasteiger partial charge in [0, 0.05) is 25.6 Å². The van der Waals surface area contributed by atoms with Crippen molar-refractivity contribution in [3.05, 3.63) is 23.8 Å². The zero-order chi connectivity index (χ0) is 17.1. The van der Waals surface area contributed by atoms with Crippen LogP contribution < -0.4 is 10.2 Å². The molecule has 1 aromatic rings. The molecule has 2 rings (SSSR count). The number of rotatable bonds is 4. The Bertz CT molecular complexity index is 685. The van der Waals surface area contributed by atoms with E-state index in [1.165, 1.54) is 37.1 Å². The molecule has 2 amide bonds. The number of benzene rings is 1. The standard InChI is InChI=1S/C15H16N2O6/c1-8(18)16-10-3-4-12(11(6-10)14(20)21)17-7-9(5-13(17)19)15(22)23-2/h3-4,6,9H,5,7H2,1-2H3,(H,16,18)(H,20,21). The Morgan fingerprint density at radius 3 is 2.61 bits per heavy atom. The predicted octanol–water partition coefficient (Wildman–Crippen LogP) is 0.869. The Morgan fingerprint density at radius 1 is 1.35 bits per heavy atom. The van der Waals surface area contributed by atoms with E-state index >= 15 is 0 Å². The molecule has 1 unspecified atom stereocenters. The van der Waals surface area contributed by atoms with E-state index in [1.807, 2.05) is 0 Å². The van der Waals surface area contributed by atoms with Crippen molar-refractivity contribution in [2.75, 3.05) is 23.9 Å². The van der Waals surface area contributed by atoms with Crippen LogP contribution in [0.15, 0.2) is 18.2 Å². The van der Waals surface area contributed by atoms with Crippen LogP contribution >= 0.6 is 0 Å². The molecule has 1 saturated heterocycles. The zero-order valence-electron chi connectivity index (χ0n) is 12.7. The minimum absolute atomic E-state index is 0.0286. The number of methoxy groups -OCH3 is 1. The number of aromatic carboxylic acids is 1. The Morgan fingerprint density at radius 2 is 2.04 bits per heavy atom. The van der Waals surface area contributed by atoms with Gasteiger partial charge in [0.25, 0.3) is 0 Å². The number of ether oxygens (including phenoxy) is 1. The third-order valence-electron chi connectivity index (χ3n) is 3.50. The second-order valence-corrected chi connectivity index (χ2v) is 5.15. The highest BCUT2D eigenvalue weighted by molar-refractivity contribution is 6.06. The van der Waals surface area contributed by atoms with Gasteiger partial charge < -0.3 is 20.1 Å². The lowest BCUT2D eigenvalue weighted by molar-refractivity contribution is -0.145. The van der Waals surface area contributed by atoms with E-state index in [0.717, 1.165) is 0 Å². The van der Waals surface area contributed by atoms with Crippen molar-refractivity contribution < 1.29 is 29.0 Å². The zero-order valence-corrected chi connectivity index (χ0v) is 12.7. The Labute approximate surface area is 132 Å². The molecule has 1 atom stereocenters. The van der Waals surface area contributed by atoms with Crippen LogP contribution in [0.1, 0.15) is 23.7 Å². The average molecular weight is 320 g/mol. The number of hydrogen-bond donors (Lipinski definition) is 2. The van der Waals surface area contributed by atoms with Crippen LogP contribution in [-0.2, 0) is 19.1 Å². The van der Waals surface area contributed by atoms with Crippen molar-refractivity contribution in [1.29, 1.82) is 0 Å². The van der Waals surface area contributed by atoms with Gasteiger partial charge in [-0.1, -0.05) is 0 Å². The van der Waals surface area contributed by atoms with Crippen LogP contribution in [0.2, 0.25) is 0 Å². The van der Waals surface area contributed by atoms with Gasteiger partial charge in [0.1, 0.15) is 0 Å². The summed E-state index contributed by atoms with van der Waals surface area (Å²) in [5, 5.41) is 11.8. The van der Waals surface area contributed by atoms with E-state index in [1.54, 1.807) is 0 Å². The van der Waals surface area contributed by atoms with E-state index in [0.29, 0.717) is 5.69 Å². The quantitative estimate of drug-likeness (QED) is 0.796. The molecular formula is C15H16N2O6. The SMILES string of the molecule is COC(=O)C1CC(=O)N(c2ccc(NC(C)=O)cc2C(=O)O)C1. The summed E-state index contributed by atoms with van der Waals surface area (Å²) in [4.78, 5) is 47.4. The summed E-state index contributed by atoms with van der Waals surface area (Å²) in [5.41, 5.74) is 0.368. The van der Waals surface area contributed by atoms with E-state index in [4.69, 9.17) is 0 Å². The lowest BCUT2D eigenvalue weighted by atomic mass is 10.1. The fourth-order valence-corrected chi connectivity index (χ4v) is 2.49. The molecular weight excluding hydrogens is 304 g/mol. The van der Waals surface area contributed by atoms with Crippen molar-refractivity contribution in [1.82, 2.24) is 0 Å². The lowest BCUT2D eigenvalue weighted by Crippen LogP contribution is -2.28. The molecule has 1 fully saturated rings. The van der Waals surface area contributed by atoms with Crippen LogP contribution in [0.25, 0.3) is 0 Å². The van der Waals surface area contributed by atoms with Crippen LogP contribution in [0.3, 0.4) is 0 Å². The third-order valence-corrected chi connectivity index (χ3v) is 3.50. The van der Waals surface area contributed by atoms with Crippen molar-refractivity contribution >= 4 is 35.1 Å². The lowest BCUT2D eigenvalue weighted by Gasteiger charge is -2.19. The Balaban J connectivity index is 2.35. The van der Waals surface area contributed by atoms with Gasteiger partial charge in [0.2, 0.25) is 11.8 Å². The topological polar surface area (TPSA) is 113 Å². The smallest absolute Gasteiger partial charge is 0.337 e. The molecule has 0 aromatic heterocycles. The van der Waals surface area contributed by atoms with Crippen molar-refractivity contribution in [3.8, 4) is 0 Å². The van der Waals surface area contributed by atoms with Gasteiger partial charge in [-0.2, -0.15) is 0 Å². The fourth-order valence-electron chi connectivity index (χ4n) is 2.49. The maximum Gasteiger partial charge on any atom is 0.337 e. The molecule has 0 radical (unpaired) electrons. The van der Waals surface area contributed by atoms with Gasteiger partial charge >= 0.3 is 11.9 Å². The highest BCUT2D eigenvalue weighted by Crippen LogP contribution is 2.30. The van der Waals surface area contributed by atoms with Gasteiger partial charge in [-0.05, 0) is 18.2 Å². The molecule has 2 N–H and O–H groups in total. The highest BCUT2D eigenvalue weighted by atomic mass is 16.5. The fraction of sp³-hybridized carbons (Fsp3) is 0.333. The van der Waals surface area contributed by atoms with Gasteiger partial charge in [-0.3, -0.25) is 14.4 Å². The largest absolute Gasteiger partial charge is 0.478 e. The minimum Gasteiger partial charge on any atom is -0.478 e. The maximum absolute atomic E-state index is 12.1. The number of carboxylic acid groups (broad SMARTS) is 1. The first-order valence-corrected chi connectivity index (χ1v) is 6.86. The number of esters is 1. The number of carbonyl (C=O) groups excluding carboxylic acids is 3. The highest BCUT2D eigenvalue weighted by Gasteiger charge is 2.37. The van der Waals surface area contributed by atoms with Crippen LogP contribution in [-0.4, -0.2) is 42.5 Å². The van der Waals surface area contributed by atoms with Crippen molar-refractivity contribution in [3.63, 3.8) is 0 Å². The summed E-state index contributed by atoms with van der Waals surface area (Å²) >= 11 is 0. The van der Waals surface area contributed by atoms with Gasteiger partial charge in [-0.15, -0.1) is 0 Å². The van der Waals surface area contributed by atoms with Crippen molar-refractivity contribution in [2.24, 2.45) is 5.92 Å². The number of nitrogens with zero attached hydrogens (tertiary/aromatic N) is 1. The number of anilines is 2. The van der Waals surface area contributed by atoms with Crippen molar-refractivity contribution in [2.45, 2.75) is 13.3 Å².